The standard InChI is InChI=1S/C20H22N2O4S/c23-18(13-21-19(24)16-6-7-17(27-16)20(25)26)22-10-8-15(9-11-22)12-14-4-2-1-3-5-14/h1-7,15H,8-13H2,(H,21,24)(H,25,26). The van der Waals surface area contributed by atoms with E-state index in [4.69, 9.17) is 5.11 Å². The highest BCUT2D eigenvalue weighted by Crippen LogP contribution is 2.21. The van der Waals surface area contributed by atoms with E-state index in [2.05, 4.69) is 17.4 Å². The number of amides is 2. The Morgan fingerprint density at radius 2 is 1.70 bits per heavy atom. The van der Waals surface area contributed by atoms with Crippen LogP contribution in [0.4, 0.5) is 0 Å². The number of piperidine rings is 1. The number of likely N-dealkylation sites (tertiary alicyclic amines) is 1. The minimum absolute atomic E-state index is 0.0670. The Morgan fingerprint density at radius 3 is 2.33 bits per heavy atom. The number of carboxylic acids is 1. The molecular weight excluding hydrogens is 364 g/mol. The number of rotatable bonds is 6. The number of aromatic carboxylic acids is 1. The minimum atomic E-state index is -1.06. The molecule has 1 aromatic heterocycles. The number of carbonyl (C=O) groups excluding carboxylic acids is 2. The molecular formula is C20H22N2O4S. The Kier molecular flexibility index (Phi) is 6.24. The zero-order chi connectivity index (χ0) is 19.2. The quantitative estimate of drug-likeness (QED) is 0.799. The summed E-state index contributed by atoms with van der Waals surface area (Å²) in [5, 5.41) is 11.5. The van der Waals surface area contributed by atoms with Gasteiger partial charge in [0.2, 0.25) is 5.91 Å². The molecule has 3 rings (SSSR count). The van der Waals surface area contributed by atoms with Gasteiger partial charge in [0.15, 0.2) is 0 Å². The van der Waals surface area contributed by atoms with Gasteiger partial charge in [-0.05, 0) is 42.9 Å². The molecule has 27 heavy (non-hydrogen) atoms. The second-order valence-corrected chi connectivity index (χ2v) is 7.75. The average molecular weight is 386 g/mol. The second-order valence-electron chi connectivity index (χ2n) is 6.67. The van der Waals surface area contributed by atoms with Gasteiger partial charge in [0.05, 0.1) is 11.4 Å². The number of nitrogens with one attached hydrogen (secondary N) is 1. The van der Waals surface area contributed by atoms with Crippen LogP contribution in [-0.2, 0) is 11.2 Å². The van der Waals surface area contributed by atoms with E-state index in [1.807, 2.05) is 18.2 Å². The van der Waals surface area contributed by atoms with Crippen molar-refractivity contribution in [1.82, 2.24) is 10.2 Å². The fraction of sp³-hybridized carbons (Fsp3) is 0.350. The fourth-order valence-corrected chi connectivity index (χ4v) is 4.02. The number of benzene rings is 1. The summed E-state index contributed by atoms with van der Waals surface area (Å²) in [6, 6.07) is 13.2. The molecule has 6 nitrogen and oxygen atoms in total. The van der Waals surface area contributed by atoms with Crippen molar-refractivity contribution in [2.24, 2.45) is 5.92 Å². The predicted molar refractivity (Wildman–Crippen MR) is 103 cm³/mol. The highest BCUT2D eigenvalue weighted by Gasteiger charge is 2.23. The number of thiophene rings is 1. The van der Waals surface area contributed by atoms with E-state index in [0.29, 0.717) is 23.9 Å². The van der Waals surface area contributed by atoms with E-state index in [9.17, 15) is 14.4 Å². The van der Waals surface area contributed by atoms with E-state index in [1.165, 1.54) is 17.7 Å². The zero-order valence-electron chi connectivity index (χ0n) is 14.9. The topological polar surface area (TPSA) is 86.7 Å². The third-order valence-corrected chi connectivity index (χ3v) is 5.85. The normalized spacial score (nSPS) is 14.7. The van der Waals surface area contributed by atoms with Crippen LogP contribution in [0, 0.1) is 5.92 Å². The number of hydrogen-bond acceptors (Lipinski definition) is 4. The molecule has 1 saturated heterocycles. The molecule has 0 unspecified atom stereocenters. The Balaban J connectivity index is 1.42. The van der Waals surface area contributed by atoms with Gasteiger partial charge in [-0.25, -0.2) is 4.79 Å². The maximum atomic E-state index is 12.3. The van der Waals surface area contributed by atoms with Crippen LogP contribution >= 0.6 is 11.3 Å². The van der Waals surface area contributed by atoms with E-state index in [1.54, 1.807) is 4.90 Å². The van der Waals surface area contributed by atoms with Crippen LogP contribution in [0.25, 0.3) is 0 Å². The van der Waals surface area contributed by atoms with Crippen molar-refractivity contribution >= 4 is 29.1 Å². The zero-order valence-corrected chi connectivity index (χ0v) is 15.7. The Morgan fingerprint density at radius 1 is 1.04 bits per heavy atom. The van der Waals surface area contributed by atoms with Crippen LogP contribution in [0.5, 0.6) is 0 Å². The number of hydrogen-bond donors (Lipinski definition) is 2. The summed E-state index contributed by atoms with van der Waals surface area (Å²) in [4.78, 5) is 37.4. The largest absolute Gasteiger partial charge is 0.477 e. The van der Waals surface area contributed by atoms with Crippen LogP contribution < -0.4 is 5.32 Å². The number of carbonyl (C=O) groups is 3. The van der Waals surface area contributed by atoms with Crippen molar-refractivity contribution < 1.29 is 19.5 Å². The van der Waals surface area contributed by atoms with Gasteiger partial charge < -0.3 is 15.3 Å². The molecule has 0 aliphatic carbocycles. The summed E-state index contributed by atoms with van der Waals surface area (Å²) in [6.45, 7) is 1.34. The summed E-state index contributed by atoms with van der Waals surface area (Å²) in [7, 11) is 0. The van der Waals surface area contributed by atoms with E-state index in [-0.39, 0.29) is 17.3 Å². The summed E-state index contributed by atoms with van der Waals surface area (Å²) < 4.78 is 0. The van der Waals surface area contributed by atoms with Gasteiger partial charge in [-0.2, -0.15) is 0 Å². The van der Waals surface area contributed by atoms with E-state index < -0.39 is 11.9 Å². The van der Waals surface area contributed by atoms with Crippen molar-refractivity contribution in [2.45, 2.75) is 19.3 Å². The lowest BCUT2D eigenvalue weighted by Gasteiger charge is -2.32. The third-order valence-electron chi connectivity index (χ3n) is 4.78. The molecule has 0 spiro atoms. The maximum absolute atomic E-state index is 12.3. The molecule has 0 saturated carbocycles. The first kappa shape index (κ1) is 19.1. The van der Waals surface area contributed by atoms with Crippen molar-refractivity contribution in [2.75, 3.05) is 19.6 Å². The molecule has 1 fully saturated rings. The van der Waals surface area contributed by atoms with Gasteiger partial charge in [0.25, 0.3) is 5.91 Å². The van der Waals surface area contributed by atoms with Crippen LogP contribution in [0.2, 0.25) is 0 Å². The van der Waals surface area contributed by atoms with Crippen molar-refractivity contribution in [3.63, 3.8) is 0 Å². The number of nitrogens with zero attached hydrogens (tertiary/aromatic N) is 1. The van der Waals surface area contributed by atoms with Gasteiger partial charge >= 0.3 is 5.97 Å². The maximum Gasteiger partial charge on any atom is 0.345 e. The molecule has 0 radical (unpaired) electrons. The van der Waals surface area contributed by atoms with Crippen molar-refractivity contribution in [3.8, 4) is 0 Å². The SMILES string of the molecule is O=C(O)c1ccc(C(=O)NCC(=O)N2CCC(Cc3ccccc3)CC2)s1. The Labute approximate surface area is 161 Å². The lowest BCUT2D eigenvalue weighted by atomic mass is 9.90. The molecule has 2 N–H and O–H groups in total. The highest BCUT2D eigenvalue weighted by atomic mass is 32.1. The van der Waals surface area contributed by atoms with Crippen molar-refractivity contribution in [3.05, 3.63) is 57.8 Å². The summed E-state index contributed by atoms with van der Waals surface area (Å²) in [5.41, 5.74) is 1.33. The van der Waals surface area contributed by atoms with Crippen LogP contribution in [0.3, 0.4) is 0 Å². The van der Waals surface area contributed by atoms with Gasteiger partial charge in [-0.3, -0.25) is 9.59 Å². The van der Waals surface area contributed by atoms with E-state index in [0.717, 1.165) is 30.6 Å². The van der Waals surface area contributed by atoms with Crippen LogP contribution in [-0.4, -0.2) is 47.4 Å². The van der Waals surface area contributed by atoms with Gasteiger partial charge in [0, 0.05) is 13.1 Å². The fourth-order valence-electron chi connectivity index (χ4n) is 3.26. The molecule has 2 amide bonds. The molecule has 2 heterocycles. The van der Waals surface area contributed by atoms with Crippen LogP contribution in [0.15, 0.2) is 42.5 Å². The van der Waals surface area contributed by atoms with Crippen LogP contribution in [0.1, 0.15) is 37.7 Å². The van der Waals surface area contributed by atoms with Gasteiger partial charge in [-0.15, -0.1) is 11.3 Å². The lowest BCUT2D eigenvalue weighted by molar-refractivity contribution is -0.131. The molecule has 1 aliphatic heterocycles. The molecule has 2 aromatic rings. The molecule has 1 aliphatic rings. The third kappa shape index (κ3) is 5.17. The smallest absolute Gasteiger partial charge is 0.345 e. The Bertz CT molecular complexity index is 810. The summed E-state index contributed by atoms with van der Waals surface area (Å²) in [6.07, 6.45) is 2.95. The molecule has 1 aromatic carbocycles. The first-order chi connectivity index (χ1) is 13.0. The predicted octanol–water partition coefficient (Wildman–Crippen LogP) is 2.66. The van der Waals surface area contributed by atoms with Crippen molar-refractivity contribution in [1.29, 1.82) is 0 Å². The molecule has 142 valence electrons. The van der Waals surface area contributed by atoms with Gasteiger partial charge in [-0.1, -0.05) is 30.3 Å². The minimum Gasteiger partial charge on any atom is -0.477 e. The first-order valence-electron chi connectivity index (χ1n) is 8.96. The first-order valence-corrected chi connectivity index (χ1v) is 9.77. The second kappa shape index (κ2) is 8.81. The molecule has 7 heteroatoms. The van der Waals surface area contributed by atoms with Gasteiger partial charge in [0.1, 0.15) is 4.88 Å². The summed E-state index contributed by atoms with van der Waals surface area (Å²) >= 11 is 0.901. The number of carboxylic acid groups (broad SMARTS) is 1. The molecule has 0 atom stereocenters. The highest BCUT2D eigenvalue weighted by molar-refractivity contribution is 7.15. The van der Waals surface area contributed by atoms with E-state index >= 15 is 0 Å². The average Bonchev–Trinajstić information content (AvgIpc) is 3.18. The monoisotopic (exact) mass is 386 g/mol. The molecule has 0 bridgehead atoms. The summed E-state index contributed by atoms with van der Waals surface area (Å²) in [5.74, 6) is -1.00. The lowest BCUT2D eigenvalue weighted by Crippen LogP contribution is -2.44. The Hall–Kier alpha value is -2.67.